The van der Waals surface area contributed by atoms with Crippen LogP contribution in [0.1, 0.15) is 10.4 Å². The van der Waals surface area contributed by atoms with Gasteiger partial charge in [-0.05, 0) is 24.3 Å². The van der Waals surface area contributed by atoms with Gasteiger partial charge < -0.3 is 20.5 Å². The van der Waals surface area contributed by atoms with E-state index in [9.17, 15) is 13.6 Å². The molecule has 7 heteroatoms. The van der Waals surface area contributed by atoms with Crippen molar-refractivity contribution in [2.45, 2.75) is 6.61 Å². The minimum absolute atomic E-state index is 0.0119. The molecule has 0 fully saturated rings. The van der Waals surface area contributed by atoms with E-state index in [1.165, 1.54) is 24.3 Å². The summed E-state index contributed by atoms with van der Waals surface area (Å²) in [5.41, 5.74) is 5.59. The van der Waals surface area contributed by atoms with Crippen LogP contribution in [-0.4, -0.2) is 38.8 Å². The van der Waals surface area contributed by atoms with Gasteiger partial charge in [-0.2, -0.15) is 8.78 Å². The van der Waals surface area contributed by atoms with E-state index in [-0.39, 0.29) is 11.7 Å². The van der Waals surface area contributed by atoms with Crippen LogP contribution >= 0.6 is 0 Å². The molecule has 0 radical (unpaired) electrons. The Hall–Kier alpha value is -1.73. The maximum atomic E-state index is 11.9. The number of alkyl halides is 2. The maximum absolute atomic E-state index is 11.9. The van der Waals surface area contributed by atoms with Crippen LogP contribution in [0.25, 0.3) is 0 Å². The minimum Gasteiger partial charge on any atom is -0.435 e. The number of carbonyl (C=O) groups excluding carboxylic acids is 1. The molecular formula is C12H16F2N2O3. The van der Waals surface area contributed by atoms with Gasteiger partial charge in [0.05, 0.1) is 13.2 Å². The normalized spacial score (nSPS) is 10.5. The van der Waals surface area contributed by atoms with Gasteiger partial charge in [-0.25, -0.2) is 0 Å². The molecule has 0 spiro atoms. The van der Waals surface area contributed by atoms with Crippen molar-refractivity contribution in [2.75, 3.05) is 26.3 Å². The van der Waals surface area contributed by atoms with Crippen LogP contribution in [0.4, 0.5) is 8.78 Å². The van der Waals surface area contributed by atoms with E-state index in [2.05, 4.69) is 10.1 Å². The van der Waals surface area contributed by atoms with Crippen molar-refractivity contribution in [3.05, 3.63) is 29.8 Å². The minimum atomic E-state index is -2.88. The third-order valence-electron chi connectivity index (χ3n) is 2.14. The predicted octanol–water partition coefficient (Wildman–Crippen LogP) is 0.993. The molecule has 0 unspecified atom stereocenters. The number of halogens is 2. The summed E-state index contributed by atoms with van der Waals surface area (Å²) in [6.45, 7) is -1.28. The van der Waals surface area contributed by atoms with E-state index >= 15 is 0 Å². The first kappa shape index (κ1) is 15.3. The highest BCUT2D eigenvalue weighted by atomic mass is 19.3. The number of benzene rings is 1. The molecule has 0 saturated carbocycles. The van der Waals surface area contributed by atoms with Crippen LogP contribution < -0.4 is 15.8 Å². The predicted molar refractivity (Wildman–Crippen MR) is 65.3 cm³/mol. The summed E-state index contributed by atoms with van der Waals surface area (Å²) in [4.78, 5) is 11.6. The summed E-state index contributed by atoms with van der Waals surface area (Å²) in [6.07, 6.45) is 0. The summed E-state index contributed by atoms with van der Waals surface area (Å²) in [7, 11) is 0. The second kappa shape index (κ2) is 8.39. The number of nitrogens with two attached hydrogens (primary N) is 1. The lowest BCUT2D eigenvalue weighted by molar-refractivity contribution is -0.0498. The lowest BCUT2D eigenvalue weighted by atomic mass is 10.2. The molecule has 0 aliphatic heterocycles. The van der Waals surface area contributed by atoms with Gasteiger partial charge >= 0.3 is 6.61 Å². The lowest BCUT2D eigenvalue weighted by Gasteiger charge is -2.07. The monoisotopic (exact) mass is 274 g/mol. The Morgan fingerprint density at radius 3 is 2.53 bits per heavy atom. The molecule has 3 N–H and O–H groups in total. The molecule has 0 aromatic heterocycles. The van der Waals surface area contributed by atoms with Crippen molar-refractivity contribution in [2.24, 2.45) is 5.73 Å². The summed E-state index contributed by atoms with van der Waals surface area (Å²) in [6, 6.07) is 5.44. The molecule has 0 bridgehead atoms. The zero-order chi connectivity index (χ0) is 14.1. The summed E-state index contributed by atoms with van der Waals surface area (Å²) in [5, 5.41) is 2.62. The zero-order valence-corrected chi connectivity index (χ0v) is 10.3. The Bertz CT molecular complexity index is 385. The van der Waals surface area contributed by atoms with Gasteiger partial charge in [0, 0.05) is 18.7 Å². The van der Waals surface area contributed by atoms with Crippen molar-refractivity contribution in [3.8, 4) is 5.75 Å². The van der Waals surface area contributed by atoms with Gasteiger partial charge in [0.15, 0.2) is 0 Å². The topological polar surface area (TPSA) is 73.6 Å². The average molecular weight is 274 g/mol. The quantitative estimate of drug-likeness (QED) is 0.693. The molecule has 0 atom stereocenters. The Balaban J connectivity index is 2.36. The van der Waals surface area contributed by atoms with Crippen LogP contribution in [0.3, 0.4) is 0 Å². The van der Waals surface area contributed by atoms with Crippen molar-refractivity contribution in [3.63, 3.8) is 0 Å². The molecule has 0 saturated heterocycles. The zero-order valence-electron chi connectivity index (χ0n) is 10.3. The maximum Gasteiger partial charge on any atom is 0.387 e. The second-order valence-electron chi connectivity index (χ2n) is 3.56. The van der Waals surface area contributed by atoms with Crippen molar-refractivity contribution < 1.29 is 23.0 Å². The molecule has 1 amide bonds. The fourth-order valence-electron chi connectivity index (χ4n) is 1.31. The third kappa shape index (κ3) is 6.12. The highest BCUT2D eigenvalue weighted by molar-refractivity contribution is 5.94. The molecule has 1 rings (SSSR count). The Kier molecular flexibility index (Phi) is 6.76. The highest BCUT2D eigenvalue weighted by Gasteiger charge is 2.07. The molecule has 5 nitrogen and oxygen atoms in total. The SMILES string of the molecule is NCCOCCNC(=O)c1ccc(OC(F)F)cc1. The summed E-state index contributed by atoms with van der Waals surface area (Å²) < 4.78 is 33.1. The number of ether oxygens (including phenoxy) is 2. The number of carbonyl (C=O) groups is 1. The third-order valence-corrected chi connectivity index (χ3v) is 2.14. The molecule has 0 aliphatic carbocycles. The van der Waals surface area contributed by atoms with Gasteiger partial charge in [0.1, 0.15) is 5.75 Å². The first-order valence-electron chi connectivity index (χ1n) is 5.74. The molecule has 0 heterocycles. The second-order valence-corrected chi connectivity index (χ2v) is 3.56. The first-order valence-corrected chi connectivity index (χ1v) is 5.74. The van der Waals surface area contributed by atoms with Gasteiger partial charge in [0.2, 0.25) is 0 Å². The molecule has 1 aromatic rings. The van der Waals surface area contributed by atoms with Crippen LogP contribution in [0.15, 0.2) is 24.3 Å². The molecule has 0 aliphatic rings. The van der Waals surface area contributed by atoms with E-state index in [1.54, 1.807) is 0 Å². The Morgan fingerprint density at radius 2 is 1.95 bits per heavy atom. The van der Waals surface area contributed by atoms with E-state index < -0.39 is 6.61 Å². The van der Waals surface area contributed by atoms with Crippen molar-refractivity contribution in [1.29, 1.82) is 0 Å². The number of amides is 1. The van der Waals surface area contributed by atoms with Gasteiger partial charge in [-0.15, -0.1) is 0 Å². The van der Waals surface area contributed by atoms with Crippen LogP contribution in [0, 0.1) is 0 Å². The highest BCUT2D eigenvalue weighted by Crippen LogP contribution is 2.14. The van der Waals surface area contributed by atoms with Crippen LogP contribution in [-0.2, 0) is 4.74 Å². The Labute approximate surface area is 109 Å². The average Bonchev–Trinajstić information content (AvgIpc) is 2.38. The fraction of sp³-hybridized carbons (Fsp3) is 0.417. The number of rotatable bonds is 8. The number of nitrogens with one attached hydrogen (secondary N) is 1. The van der Waals surface area contributed by atoms with E-state index in [4.69, 9.17) is 10.5 Å². The summed E-state index contributed by atoms with van der Waals surface area (Å²) >= 11 is 0. The largest absolute Gasteiger partial charge is 0.435 e. The first-order chi connectivity index (χ1) is 9.13. The standard InChI is InChI=1S/C12H16F2N2O3/c13-12(14)19-10-3-1-9(2-4-10)11(17)16-6-8-18-7-5-15/h1-4,12H,5-8,15H2,(H,16,17). The molecule has 1 aromatic carbocycles. The number of hydrogen-bond donors (Lipinski definition) is 2. The van der Waals surface area contributed by atoms with Gasteiger partial charge in [0.25, 0.3) is 5.91 Å². The molecular weight excluding hydrogens is 258 g/mol. The molecule has 19 heavy (non-hydrogen) atoms. The lowest BCUT2D eigenvalue weighted by Crippen LogP contribution is -2.27. The van der Waals surface area contributed by atoms with Gasteiger partial charge in [-0.3, -0.25) is 4.79 Å². The molecule has 106 valence electrons. The van der Waals surface area contributed by atoms with E-state index in [0.717, 1.165) is 0 Å². The van der Waals surface area contributed by atoms with Gasteiger partial charge in [-0.1, -0.05) is 0 Å². The van der Waals surface area contributed by atoms with Crippen molar-refractivity contribution >= 4 is 5.91 Å². The van der Waals surface area contributed by atoms with E-state index in [0.29, 0.717) is 31.9 Å². The van der Waals surface area contributed by atoms with Crippen molar-refractivity contribution in [1.82, 2.24) is 5.32 Å². The Morgan fingerprint density at radius 1 is 1.26 bits per heavy atom. The fourth-order valence-corrected chi connectivity index (χ4v) is 1.31. The smallest absolute Gasteiger partial charge is 0.387 e. The van der Waals surface area contributed by atoms with Crippen LogP contribution in [0.2, 0.25) is 0 Å². The number of hydrogen-bond acceptors (Lipinski definition) is 4. The summed E-state index contributed by atoms with van der Waals surface area (Å²) in [5.74, 6) is -0.294. The van der Waals surface area contributed by atoms with Crippen LogP contribution in [0.5, 0.6) is 5.75 Å². The van der Waals surface area contributed by atoms with E-state index in [1.807, 2.05) is 0 Å².